The number of nitrogens with zero attached hydrogens (tertiary/aromatic N) is 3. The van der Waals surface area contributed by atoms with Crippen LogP contribution in [0.15, 0.2) is 29.3 Å². The molecule has 9 heteroatoms. The van der Waals surface area contributed by atoms with Crippen LogP contribution < -0.4 is 17.0 Å². The molecular formula is C11H13ClN6OS. The van der Waals surface area contributed by atoms with Crippen LogP contribution in [0.5, 0.6) is 0 Å². The third-order valence-electron chi connectivity index (χ3n) is 2.47. The van der Waals surface area contributed by atoms with E-state index in [9.17, 15) is 4.79 Å². The molecule has 0 saturated heterocycles. The summed E-state index contributed by atoms with van der Waals surface area (Å²) in [5.41, 5.74) is 8.67. The lowest BCUT2D eigenvalue weighted by molar-refractivity contribution is 0.0948. The summed E-state index contributed by atoms with van der Waals surface area (Å²) >= 11 is 7.59. The quantitative estimate of drug-likeness (QED) is 0.249. The van der Waals surface area contributed by atoms with Gasteiger partial charge in [-0.25, -0.2) is 5.84 Å². The van der Waals surface area contributed by atoms with Gasteiger partial charge in [0.25, 0.3) is 5.91 Å². The molecule has 0 aliphatic heterocycles. The lowest BCUT2D eigenvalue weighted by atomic mass is 10.3. The molecule has 0 fully saturated rings. The van der Waals surface area contributed by atoms with Crippen molar-refractivity contribution in [2.75, 3.05) is 11.5 Å². The van der Waals surface area contributed by atoms with Crippen molar-refractivity contribution >= 4 is 35.0 Å². The van der Waals surface area contributed by atoms with E-state index in [0.717, 1.165) is 4.90 Å². The lowest BCUT2D eigenvalue weighted by Crippen LogP contribution is -2.30. The second kappa shape index (κ2) is 6.60. The van der Waals surface area contributed by atoms with Crippen LogP contribution in [0, 0.1) is 0 Å². The number of aromatic nitrogens is 3. The number of benzene rings is 1. The Balaban J connectivity index is 1.93. The molecule has 0 unspecified atom stereocenters. The van der Waals surface area contributed by atoms with Crippen LogP contribution in [0.1, 0.15) is 10.5 Å². The molecule has 0 aliphatic rings. The van der Waals surface area contributed by atoms with Crippen molar-refractivity contribution in [2.45, 2.75) is 11.4 Å². The van der Waals surface area contributed by atoms with E-state index in [-0.39, 0.29) is 5.69 Å². The number of halogens is 1. The van der Waals surface area contributed by atoms with Crippen LogP contribution in [-0.4, -0.2) is 26.7 Å². The third kappa shape index (κ3) is 3.41. The number of nitrogens with one attached hydrogen (secondary N) is 1. The normalized spacial score (nSPS) is 10.5. The zero-order valence-corrected chi connectivity index (χ0v) is 12.0. The number of anilines is 1. The number of nitrogen functional groups attached to an aromatic ring is 2. The monoisotopic (exact) mass is 312 g/mol. The summed E-state index contributed by atoms with van der Waals surface area (Å²) in [6.45, 7) is 0.570. The highest BCUT2D eigenvalue weighted by Gasteiger charge is 2.09. The number of aryl methyl sites for hydroxylation is 1. The fourth-order valence-electron chi connectivity index (χ4n) is 1.50. The Bertz CT molecular complexity index is 596. The predicted octanol–water partition coefficient (Wildman–Crippen LogP) is 0.909. The van der Waals surface area contributed by atoms with Crippen molar-refractivity contribution in [1.29, 1.82) is 0 Å². The van der Waals surface area contributed by atoms with Crippen LogP contribution >= 0.6 is 23.4 Å². The van der Waals surface area contributed by atoms with E-state index in [1.54, 1.807) is 22.9 Å². The van der Waals surface area contributed by atoms with Gasteiger partial charge in [-0.05, 0) is 12.1 Å². The number of hydrazine groups is 1. The molecule has 1 aromatic carbocycles. The van der Waals surface area contributed by atoms with Gasteiger partial charge in [-0.2, -0.15) is 0 Å². The van der Waals surface area contributed by atoms with Gasteiger partial charge < -0.3 is 5.73 Å². The van der Waals surface area contributed by atoms with E-state index in [4.69, 9.17) is 23.2 Å². The zero-order valence-electron chi connectivity index (χ0n) is 10.4. The maximum Gasteiger partial charge on any atom is 0.287 e. The smallest absolute Gasteiger partial charge is 0.287 e. The Kier molecular flexibility index (Phi) is 4.83. The molecule has 1 aromatic heterocycles. The number of hydrogen-bond acceptors (Lipinski definition) is 6. The molecule has 0 radical (unpaired) electrons. The van der Waals surface area contributed by atoms with E-state index in [1.165, 1.54) is 18.0 Å². The second-order valence-corrected chi connectivity index (χ2v) is 5.36. The molecule has 1 amide bonds. The lowest BCUT2D eigenvalue weighted by Gasteiger charge is -2.07. The van der Waals surface area contributed by atoms with Crippen molar-refractivity contribution < 1.29 is 4.79 Å². The van der Waals surface area contributed by atoms with Gasteiger partial charge in [0.1, 0.15) is 0 Å². The number of nitrogens with two attached hydrogens (primary N) is 2. The fraction of sp³-hybridized carbons (Fsp3) is 0.182. The number of carbonyl (C=O) groups is 1. The Morgan fingerprint density at radius 1 is 1.50 bits per heavy atom. The van der Waals surface area contributed by atoms with Gasteiger partial charge in [0.05, 0.1) is 17.8 Å². The summed E-state index contributed by atoms with van der Waals surface area (Å²) < 4.78 is 1.56. The highest BCUT2D eigenvalue weighted by atomic mass is 35.5. The minimum Gasteiger partial charge on any atom is -0.398 e. The average molecular weight is 313 g/mol. The van der Waals surface area contributed by atoms with E-state index < -0.39 is 5.91 Å². The second-order valence-electron chi connectivity index (χ2n) is 3.85. The first kappa shape index (κ1) is 14.6. The molecule has 106 valence electrons. The third-order valence-corrected chi connectivity index (χ3v) is 4.02. The van der Waals surface area contributed by atoms with Crippen molar-refractivity contribution in [3.05, 3.63) is 35.1 Å². The number of carbonyl (C=O) groups excluding carboxylic acids is 1. The highest BCUT2D eigenvalue weighted by Crippen LogP contribution is 2.32. The maximum absolute atomic E-state index is 11.2. The first-order chi connectivity index (χ1) is 9.61. The highest BCUT2D eigenvalue weighted by molar-refractivity contribution is 7.99. The first-order valence-electron chi connectivity index (χ1n) is 5.69. The number of hydrogen-bond donors (Lipinski definition) is 3. The molecule has 0 bridgehead atoms. The van der Waals surface area contributed by atoms with E-state index in [1.807, 2.05) is 5.43 Å². The Hall–Kier alpha value is -1.77. The summed E-state index contributed by atoms with van der Waals surface area (Å²) in [4.78, 5) is 12.1. The topological polar surface area (TPSA) is 112 Å². The Labute approximate surface area is 124 Å². The van der Waals surface area contributed by atoms with Gasteiger partial charge in [0, 0.05) is 16.3 Å². The van der Waals surface area contributed by atoms with Crippen LogP contribution in [-0.2, 0) is 6.54 Å². The minimum absolute atomic E-state index is 0.176. The molecule has 2 rings (SSSR count). The minimum atomic E-state index is -0.473. The molecule has 0 spiro atoms. The molecule has 1 heterocycles. The van der Waals surface area contributed by atoms with Gasteiger partial charge in [0.15, 0.2) is 5.69 Å². The van der Waals surface area contributed by atoms with Gasteiger partial charge in [0.2, 0.25) is 0 Å². The van der Waals surface area contributed by atoms with Crippen molar-refractivity contribution in [2.24, 2.45) is 5.84 Å². The van der Waals surface area contributed by atoms with Crippen LogP contribution in [0.25, 0.3) is 0 Å². The summed E-state index contributed by atoms with van der Waals surface area (Å²) in [6, 6.07) is 5.39. The Morgan fingerprint density at radius 3 is 3.00 bits per heavy atom. The van der Waals surface area contributed by atoms with Gasteiger partial charge in [-0.15, -0.1) is 16.9 Å². The molecule has 0 aliphatic carbocycles. The van der Waals surface area contributed by atoms with Gasteiger partial charge >= 0.3 is 0 Å². The molecule has 7 nitrogen and oxygen atoms in total. The van der Waals surface area contributed by atoms with Crippen molar-refractivity contribution in [1.82, 2.24) is 20.4 Å². The Morgan fingerprint density at radius 2 is 2.30 bits per heavy atom. The van der Waals surface area contributed by atoms with Crippen LogP contribution in [0.4, 0.5) is 5.69 Å². The van der Waals surface area contributed by atoms with Crippen LogP contribution in [0.3, 0.4) is 0 Å². The maximum atomic E-state index is 11.2. The zero-order chi connectivity index (χ0) is 14.5. The average Bonchev–Trinajstić information content (AvgIpc) is 2.90. The van der Waals surface area contributed by atoms with Crippen molar-refractivity contribution in [3.63, 3.8) is 0 Å². The van der Waals surface area contributed by atoms with Crippen LogP contribution in [0.2, 0.25) is 5.02 Å². The van der Waals surface area contributed by atoms with Gasteiger partial charge in [-0.1, -0.05) is 22.9 Å². The number of thioether (sulfide) groups is 1. The standard InChI is InChI=1S/C11H13ClN6OS/c12-7-2-1-3-8(13)10(7)20-5-4-18-6-9(16-17-18)11(19)15-14/h1-3,6H,4-5,13-14H2,(H,15,19). The number of rotatable bonds is 5. The van der Waals surface area contributed by atoms with E-state index in [0.29, 0.717) is 23.0 Å². The van der Waals surface area contributed by atoms with Crippen molar-refractivity contribution in [3.8, 4) is 0 Å². The molecule has 5 N–H and O–H groups in total. The van der Waals surface area contributed by atoms with Gasteiger partial charge in [-0.3, -0.25) is 14.9 Å². The molecule has 0 saturated carbocycles. The summed E-state index contributed by atoms with van der Waals surface area (Å²) in [5.74, 6) is 5.24. The predicted molar refractivity (Wildman–Crippen MR) is 78.3 cm³/mol. The van der Waals surface area contributed by atoms with E-state index >= 15 is 0 Å². The summed E-state index contributed by atoms with van der Waals surface area (Å²) in [6.07, 6.45) is 1.53. The fourth-order valence-corrected chi connectivity index (χ4v) is 2.77. The molecule has 0 atom stereocenters. The molecule has 2 aromatic rings. The molecular weight excluding hydrogens is 300 g/mol. The first-order valence-corrected chi connectivity index (χ1v) is 7.06. The number of amides is 1. The van der Waals surface area contributed by atoms with E-state index in [2.05, 4.69) is 10.3 Å². The summed E-state index contributed by atoms with van der Waals surface area (Å²) in [7, 11) is 0. The largest absolute Gasteiger partial charge is 0.398 e. The molecule has 20 heavy (non-hydrogen) atoms. The summed E-state index contributed by atoms with van der Waals surface area (Å²) in [5, 5.41) is 8.16. The SMILES string of the molecule is NNC(=O)c1cn(CCSc2c(N)cccc2Cl)nn1.